The highest BCUT2D eigenvalue weighted by atomic mass is 79.9. The maximum atomic E-state index is 11.7. The first-order chi connectivity index (χ1) is 7.50. The Morgan fingerprint density at radius 1 is 1.56 bits per heavy atom. The van der Waals surface area contributed by atoms with Crippen LogP contribution >= 0.6 is 39.1 Å². The van der Waals surface area contributed by atoms with Crippen molar-refractivity contribution in [2.45, 2.75) is 18.7 Å². The van der Waals surface area contributed by atoms with Crippen LogP contribution in [-0.2, 0) is 0 Å². The van der Waals surface area contributed by atoms with E-state index in [-0.39, 0.29) is 11.3 Å². The first-order valence-corrected chi connectivity index (χ1v) is 6.48. The van der Waals surface area contributed by atoms with Crippen molar-refractivity contribution in [2.75, 3.05) is 6.54 Å². The zero-order valence-electron chi connectivity index (χ0n) is 8.77. The number of amides is 1. The van der Waals surface area contributed by atoms with Gasteiger partial charge in [0.1, 0.15) is 0 Å². The molecule has 0 bridgehead atoms. The van der Waals surface area contributed by atoms with E-state index in [0.717, 1.165) is 10.9 Å². The maximum Gasteiger partial charge on any atom is 0.252 e. The second-order valence-corrected chi connectivity index (χ2v) is 5.52. The molecule has 1 rings (SSSR count). The van der Waals surface area contributed by atoms with Crippen LogP contribution in [0.2, 0.25) is 5.02 Å². The predicted octanol–water partition coefficient (Wildman–Crippen LogP) is 3.85. The molecule has 1 aromatic carbocycles. The van der Waals surface area contributed by atoms with Crippen molar-refractivity contribution in [3.8, 4) is 0 Å². The van der Waals surface area contributed by atoms with Crippen LogP contribution in [0.5, 0.6) is 0 Å². The number of hydrogen-bond donors (Lipinski definition) is 1. The minimum atomic E-state index is -0.177. The Morgan fingerprint density at radius 2 is 2.25 bits per heavy atom. The van der Waals surface area contributed by atoms with E-state index >= 15 is 0 Å². The summed E-state index contributed by atoms with van der Waals surface area (Å²) < 4.78 is 0.827. The van der Waals surface area contributed by atoms with Gasteiger partial charge in [0.05, 0.1) is 10.6 Å². The third-order valence-corrected chi connectivity index (χ3v) is 3.04. The van der Waals surface area contributed by atoms with Gasteiger partial charge in [0.15, 0.2) is 0 Å². The van der Waals surface area contributed by atoms with Gasteiger partial charge in [0, 0.05) is 16.4 Å². The molecule has 16 heavy (non-hydrogen) atoms. The first kappa shape index (κ1) is 13.8. The normalized spacial score (nSPS) is 12.2. The molecule has 1 unspecified atom stereocenters. The number of carbonyl (C=O) groups excluding carboxylic acids is 1. The molecule has 0 aliphatic carbocycles. The second-order valence-electron chi connectivity index (χ2n) is 3.45. The molecule has 0 saturated carbocycles. The van der Waals surface area contributed by atoms with Crippen molar-refractivity contribution in [2.24, 2.45) is 0 Å². The smallest absolute Gasteiger partial charge is 0.252 e. The van der Waals surface area contributed by atoms with Crippen LogP contribution in [-0.4, -0.2) is 17.8 Å². The summed E-state index contributed by atoms with van der Waals surface area (Å²) in [5.41, 5.74) is 0.471. The molecule has 0 heterocycles. The highest BCUT2D eigenvalue weighted by Gasteiger charge is 2.10. The third-order valence-electron chi connectivity index (χ3n) is 2.00. The van der Waals surface area contributed by atoms with Gasteiger partial charge in [0.2, 0.25) is 0 Å². The Kier molecular flexibility index (Phi) is 5.59. The van der Waals surface area contributed by atoms with Crippen LogP contribution in [0.1, 0.15) is 23.7 Å². The average molecular weight is 325 g/mol. The second kappa shape index (κ2) is 6.48. The van der Waals surface area contributed by atoms with Crippen LogP contribution in [0.3, 0.4) is 0 Å². The Hall–Kier alpha value is -0.250. The number of alkyl halides is 1. The monoisotopic (exact) mass is 323 g/mol. The fourth-order valence-electron chi connectivity index (χ4n) is 1.15. The fraction of sp³-hybridized carbons (Fsp3) is 0.364. The molecular formula is C11H12BrCl2NO. The van der Waals surface area contributed by atoms with Gasteiger partial charge in [-0.15, -0.1) is 11.6 Å². The van der Waals surface area contributed by atoms with Crippen LogP contribution in [0.25, 0.3) is 0 Å². The summed E-state index contributed by atoms with van der Waals surface area (Å²) >= 11 is 15.0. The summed E-state index contributed by atoms with van der Waals surface area (Å²) in [4.78, 5) is 11.7. The van der Waals surface area contributed by atoms with Crippen LogP contribution in [0, 0.1) is 0 Å². The standard InChI is InChI=1S/C11H12BrCl2NO/c1-7(13)4-5-15-11(16)9-6-8(12)2-3-10(9)14/h2-3,6-7H,4-5H2,1H3,(H,15,16). The lowest BCUT2D eigenvalue weighted by atomic mass is 10.2. The van der Waals surface area contributed by atoms with E-state index in [0.29, 0.717) is 17.1 Å². The number of halogens is 3. The van der Waals surface area contributed by atoms with Gasteiger partial charge in [-0.05, 0) is 31.5 Å². The first-order valence-electron chi connectivity index (χ1n) is 4.88. The summed E-state index contributed by atoms with van der Waals surface area (Å²) in [6.07, 6.45) is 0.735. The van der Waals surface area contributed by atoms with Crippen molar-refractivity contribution >= 4 is 45.0 Å². The summed E-state index contributed by atoms with van der Waals surface area (Å²) in [6, 6.07) is 5.17. The van der Waals surface area contributed by atoms with E-state index in [1.807, 2.05) is 6.92 Å². The van der Waals surface area contributed by atoms with Crippen molar-refractivity contribution in [1.29, 1.82) is 0 Å². The average Bonchev–Trinajstić information content (AvgIpc) is 2.21. The number of nitrogens with one attached hydrogen (secondary N) is 1. The van der Waals surface area contributed by atoms with E-state index in [2.05, 4.69) is 21.2 Å². The van der Waals surface area contributed by atoms with Gasteiger partial charge in [-0.1, -0.05) is 27.5 Å². The minimum absolute atomic E-state index is 0.0540. The molecule has 1 N–H and O–H groups in total. The molecule has 1 atom stereocenters. The van der Waals surface area contributed by atoms with E-state index in [1.165, 1.54) is 0 Å². The Labute approximate surface area is 113 Å². The Morgan fingerprint density at radius 3 is 2.88 bits per heavy atom. The molecule has 0 fully saturated rings. The van der Waals surface area contributed by atoms with Crippen LogP contribution in [0.4, 0.5) is 0 Å². The lowest BCUT2D eigenvalue weighted by Gasteiger charge is -2.07. The fourth-order valence-corrected chi connectivity index (χ4v) is 1.82. The lowest BCUT2D eigenvalue weighted by molar-refractivity contribution is 0.0953. The molecule has 0 aromatic heterocycles. The Bertz CT molecular complexity index is 382. The van der Waals surface area contributed by atoms with E-state index in [9.17, 15) is 4.79 Å². The minimum Gasteiger partial charge on any atom is -0.352 e. The van der Waals surface area contributed by atoms with Gasteiger partial charge < -0.3 is 5.32 Å². The largest absolute Gasteiger partial charge is 0.352 e. The number of carbonyl (C=O) groups is 1. The molecule has 88 valence electrons. The Balaban J connectivity index is 2.62. The molecule has 5 heteroatoms. The van der Waals surface area contributed by atoms with Gasteiger partial charge in [-0.3, -0.25) is 4.79 Å². The van der Waals surface area contributed by atoms with Crippen LogP contribution < -0.4 is 5.32 Å². The number of rotatable bonds is 4. The van der Waals surface area contributed by atoms with Gasteiger partial charge in [-0.2, -0.15) is 0 Å². The van der Waals surface area contributed by atoms with Crippen molar-refractivity contribution in [3.63, 3.8) is 0 Å². The van der Waals surface area contributed by atoms with Gasteiger partial charge >= 0.3 is 0 Å². The zero-order chi connectivity index (χ0) is 12.1. The van der Waals surface area contributed by atoms with Crippen LogP contribution in [0.15, 0.2) is 22.7 Å². The molecule has 0 aliphatic rings. The molecular weight excluding hydrogens is 313 g/mol. The summed E-state index contributed by atoms with van der Waals surface area (Å²) in [5.74, 6) is -0.177. The van der Waals surface area contributed by atoms with E-state index in [1.54, 1.807) is 18.2 Å². The number of hydrogen-bond acceptors (Lipinski definition) is 1. The highest BCUT2D eigenvalue weighted by molar-refractivity contribution is 9.10. The molecule has 0 radical (unpaired) electrons. The van der Waals surface area contributed by atoms with Crippen molar-refractivity contribution in [3.05, 3.63) is 33.3 Å². The van der Waals surface area contributed by atoms with Crippen molar-refractivity contribution in [1.82, 2.24) is 5.32 Å². The third kappa shape index (κ3) is 4.32. The highest BCUT2D eigenvalue weighted by Crippen LogP contribution is 2.20. The molecule has 1 amide bonds. The van der Waals surface area contributed by atoms with Crippen molar-refractivity contribution < 1.29 is 4.79 Å². The van der Waals surface area contributed by atoms with Gasteiger partial charge in [0.25, 0.3) is 5.91 Å². The summed E-state index contributed by atoms with van der Waals surface area (Å²) in [7, 11) is 0. The summed E-state index contributed by atoms with van der Waals surface area (Å²) in [5, 5.41) is 3.27. The predicted molar refractivity (Wildman–Crippen MR) is 71.4 cm³/mol. The molecule has 2 nitrogen and oxygen atoms in total. The molecule has 1 aromatic rings. The van der Waals surface area contributed by atoms with E-state index in [4.69, 9.17) is 23.2 Å². The zero-order valence-corrected chi connectivity index (χ0v) is 11.9. The summed E-state index contributed by atoms with van der Waals surface area (Å²) in [6.45, 7) is 2.44. The number of benzene rings is 1. The lowest BCUT2D eigenvalue weighted by Crippen LogP contribution is -2.26. The maximum absolute atomic E-state index is 11.7. The van der Waals surface area contributed by atoms with Gasteiger partial charge in [-0.25, -0.2) is 0 Å². The topological polar surface area (TPSA) is 29.1 Å². The molecule has 0 aliphatic heterocycles. The quantitative estimate of drug-likeness (QED) is 0.837. The SMILES string of the molecule is CC(Cl)CCNC(=O)c1cc(Br)ccc1Cl. The molecule has 0 spiro atoms. The molecule has 0 saturated heterocycles. The van der Waals surface area contributed by atoms with E-state index < -0.39 is 0 Å².